The van der Waals surface area contributed by atoms with Crippen LogP contribution >= 0.6 is 11.6 Å². The molecule has 2 aromatic heterocycles. The Kier molecular flexibility index (Phi) is 5.72. The van der Waals surface area contributed by atoms with E-state index in [0.717, 1.165) is 10.9 Å². The maximum atomic E-state index is 13.1. The number of aromatic nitrogens is 2. The van der Waals surface area contributed by atoms with E-state index in [1.165, 1.54) is 11.1 Å². The topological polar surface area (TPSA) is 119 Å². The summed E-state index contributed by atoms with van der Waals surface area (Å²) in [7, 11) is 0. The molecule has 3 heterocycles. The highest BCUT2D eigenvalue weighted by Gasteiger charge is 2.36. The van der Waals surface area contributed by atoms with Crippen LogP contribution in [-0.4, -0.2) is 68.2 Å². The monoisotopic (exact) mass is 428 g/mol. The summed E-state index contributed by atoms with van der Waals surface area (Å²) in [6, 6.07) is 11.8. The Morgan fingerprint density at radius 3 is 2.60 bits per heavy atom. The van der Waals surface area contributed by atoms with Crippen LogP contribution in [0.3, 0.4) is 0 Å². The Hall–Kier alpha value is -2.94. The average molecular weight is 429 g/mol. The van der Waals surface area contributed by atoms with E-state index in [1.807, 2.05) is 30.3 Å². The summed E-state index contributed by atoms with van der Waals surface area (Å²) in [6.07, 6.45) is -0.170. The number of rotatable bonds is 5. The van der Waals surface area contributed by atoms with Crippen LogP contribution in [0, 0.1) is 0 Å². The van der Waals surface area contributed by atoms with E-state index >= 15 is 0 Å². The zero-order chi connectivity index (χ0) is 21.3. The minimum Gasteiger partial charge on any atom is -0.388 e. The van der Waals surface area contributed by atoms with Crippen LogP contribution in [0.5, 0.6) is 0 Å². The predicted octanol–water partition coefficient (Wildman–Crippen LogP) is 1.12. The number of fused-ring (bicyclic) bond motifs is 1. The van der Waals surface area contributed by atoms with Crippen LogP contribution in [0.25, 0.3) is 10.9 Å². The van der Waals surface area contributed by atoms with E-state index in [2.05, 4.69) is 15.3 Å². The average Bonchev–Trinajstić information content (AvgIpc) is 3.30. The normalized spacial score (nSPS) is 19.8. The molecule has 30 heavy (non-hydrogen) atoms. The lowest BCUT2D eigenvalue weighted by Gasteiger charge is -2.24. The van der Waals surface area contributed by atoms with Gasteiger partial charge in [-0.25, -0.2) is 4.98 Å². The van der Waals surface area contributed by atoms with Gasteiger partial charge in [0.1, 0.15) is 16.9 Å². The van der Waals surface area contributed by atoms with Gasteiger partial charge in [-0.2, -0.15) is 0 Å². The molecular weight excluding hydrogens is 408 g/mol. The van der Waals surface area contributed by atoms with E-state index < -0.39 is 24.2 Å². The molecule has 4 rings (SSSR count). The number of carbonyl (C=O) groups excluding carboxylic acids is 2. The van der Waals surface area contributed by atoms with E-state index in [0.29, 0.717) is 10.7 Å². The lowest BCUT2D eigenvalue weighted by atomic mass is 10.0. The second kappa shape index (κ2) is 8.43. The molecule has 2 amide bonds. The molecule has 1 aliphatic heterocycles. The Labute approximate surface area is 177 Å². The number of amides is 2. The highest BCUT2D eigenvalue weighted by molar-refractivity contribution is 6.30. The summed E-state index contributed by atoms with van der Waals surface area (Å²) in [6.45, 7) is 0.0510. The highest BCUT2D eigenvalue weighted by atomic mass is 35.5. The van der Waals surface area contributed by atoms with Crippen molar-refractivity contribution in [3.05, 3.63) is 65.1 Å². The van der Waals surface area contributed by atoms with Gasteiger partial charge in [0.15, 0.2) is 0 Å². The van der Waals surface area contributed by atoms with Crippen molar-refractivity contribution >= 4 is 34.3 Å². The van der Waals surface area contributed by atoms with E-state index in [4.69, 9.17) is 11.6 Å². The molecule has 3 aromatic rings. The van der Waals surface area contributed by atoms with Gasteiger partial charge in [0.2, 0.25) is 5.91 Å². The molecule has 1 fully saturated rings. The number of nitrogens with zero attached hydrogens (tertiary/aromatic N) is 2. The quantitative estimate of drug-likeness (QED) is 0.454. The van der Waals surface area contributed by atoms with Gasteiger partial charge in [-0.1, -0.05) is 41.9 Å². The summed E-state index contributed by atoms with van der Waals surface area (Å²) in [5.74, 6) is -0.805. The number of aliphatic hydroxyl groups excluding tert-OH is 2. The van der Waals surface area contributed by atoms with Crippen LogP contribution in [-0.2, 0) is 11.2 Å². The first-order valence-corrected chi connectivity index (χ1v) is 9.92. The molecule has 1 aliphatic rings. The second-order valence-electron chi connectivity index (χ2n) is 7.37. The number of carbonyl (C=O) groups is 2. The Morgan fingerprint density at radius 1 is 1.20 bits per heavy atom. The molecule has 3 atom stereocenters. The first kappa shape index (κ1) is 20.3. The Bertz CT molecular complexity index is 1060. The van der Waals surface area contributed by atoms with Gasteiger partial charge in [-0.3, -0.25) is 9.59 Å². The standard InChI is InChI=1S/C21H21ClN4O4/c22-19-8-13-7-14(24-16(13)9-23-19)20(29)25-15(6-12-4-2-1-3-5-12)21(30)26-10-17(27)18(28)11-26/h1-5,7-9,15,17-18,24,27-28H,6,10-11H2,(H,25,29)/t15-,17?,18?/m0/s1. The van der Waals surface area contributed by atoms with Crippen molar-refractivity contribution < 1.29 is 19.8 Å². The molecule has 1 aromatic carbocycles. The molecule has 1 saturated heterocycles. The van der Waals surface area contributed by atoms with Crippen molar-refractivity contribution in [3.63, 3.8) is 0 Å². The number of halogens is 1. The molecule has 0 saturated carbocycles. The number of likely N-dealkylation sites (tertiary alicyclic amines) is 1. The van der Waals surface area contributed by atoms with Crippen LogP contribution in [0.1, 0.15) is 16.1 Å². The molecule has 2 unspecified atom stereocenters. The molecule has 0 bridgehead atoms. The van der Waals surface area contributed by atoms with Gasteiger partial charge in [0.25, 0.3) is 5.91 Å². The van der Waals surface area contributed by atoms with Gasteiger partial charge >= 0.3 is 0 Å². The molecule has 0 spiro atoms. The minimum atomic E-state index is -0.993. The number of β-amino-alcohol motifs (C(OH)–C–C–N with tert-alkyl or cyclic N) is 2. The Morgan fingerprint density at radius 2 is 1.90 bits per heavy atom. The molecule has 9 heteroatoms. The molecular formula is C21H21ClN4O4. The van der Waals surface area contributed by atoms with Crippen molar-refractivity contribution in [1.29, 1.82) is 0 Å². The predicted molar refractivity (Wildman–Crippen MR) is 111 cm³/mol. The fraction of sp³-hybridized carbons (Fsp3) is 0.286. The maximum absolute atomic E-state index is 13.1. The summed E-state index contributed by atoms with van der Waals surface area (Å²) in [4.78, 5) is 34.3. The van der Waals surface area contributed by atoms with Crippen LogP contribution in [0.4, 0.5) is 0 Å². The second-order valence-corrected chi connectivity index (χ2v) is 7.76. The summed E-state index contributed by atoms with van der Waals surface area (Å²) < 4.78 is 0. The molecule has 156 valence electrons. The number of aliphatic hydroxyl groups is 2. The van der Waals surface area contributed by atoms with Crippen molar-refractivity contribution in [3.8, 4) is 0 Å². The number of hydrogen-bond donors (Lipinski definition) is 4. The summed E-state index contributed by atoms with van der Waals surface area (Å²) >= 11 is 5.90. The number of H-pyrrole nitrogens is 1. The number of benzene rings is 1. The summed E-state index contributed by atoms with van der Waals surface area (Å²) in [5, 5.41) is 23.4. The van der Waals surface area contributed by atoms with Crippen molar-refractivity contribution in [2.75, 3.05) is 13.1 Å². The van der Waals surface area contributed by atoms with Gasteiger partial charge in [-0.15, -0.1) is 0 Å². The third-order valence-corrected chi connectivity index (χ3v) is 5.38. The van der Waals surface area contributed by atoms with E-state index in [-0.39, 0.29) is 31.1 Å². The van der Waals surface area contributed by atoms with Crippen molar-refractivity contribution in [1.82, 2.24) is 20.2 Å². The van der Waals surface area contributed by atoms with Gasteiger partial charge in [0.05, 0.1) is 23.9 Å². The molecule has 8 nitrogen and oxygen atoms in total. The lowest BCUT2D eigenvalue weighted by Crippen LogP contribution is -2.49. The van der Waals surface area contributed by atoms with Gasteiger partial charge in [-0.05, 0) is 17.7 Å². The maximum Gasteiger partial charge on any atom is 0.268 e. The van der Waals surface area contributed by atoms with E-state index in [1.54, 1.807) is 12.1 Å². The number of pyridine rings is 1. The Balaban J connectivity index is 1.56. The molecule has 0 aliphatic carbocycles. The third-order valence-electron chi connectivity index (χ3n) is 5.17. The molecule has 4 N–H and O–H groups in total. The van der Waals surface area contributed by atoms with Crippen LogP contribution in [0.15, 0.2) is 48.7 Å². The fourth-order valence-electron chi connectivity index (χ4n) is 3.58. The van der Waals surface area contributed by atoms with Gasteiger partial charge in [0, 0.05) is 24.9 Å². The summed E-state index contributed by atoms with van der Waals surface area (Å²) in [5.41, 5.74) is 1.81. The largest absolute Gasteiger partial charge is 0.388 e. The third kappa shape index (κ3) is 4.30. The zero-order valence-electron chi connectivity index (χ0n) is 16.0. The highest BCUT2D eigenvalue weighted by Crippen LogP contribution is 2.19. The van der Waals surface area contributed by atoms with Crippen LogP contribution < -0.4 is 5.32 Å². The van der Waals surface area contributed by atoms with E-state index in [9.17, 15) is 19.8 Å². The SMILES string of the molecule is O=C(N[C@@H](Cc1ccccc1)C(=O)N1CC(O)C(O)C1)c1cc2cc(Cl)ncc2[nH]1. The zero-order valence-corrected chi connectivity index (χ0v) is 16.7. The van der Waals surface area contributed by atoms with Crippen molar-refractivity contribution in [2.45, 2.75) is 24.7 Å². The number of aromatic amines is 1. The first-order valence-electron chi connectivity index (χ1n) is 9.54. The fourth-order valence-corrected chi connectivity index (χ4v) is 3.75. The lowest BCUT2D eigenvalue weighted by molar-refractivity contribution is -0.132. The number of hydrogen-bond acceptors (Lipinski definition) is 5. The first-order chi connectivity index (χ1) is 14.4. The smallest absolute Gasteiger partial charge is 0.268 e. The van der Waals surface area contributed by atoms with Crippen LogP contribution in [0.2, 0.25) is 5.15 Å². The van der Waals surface area contributed by atoms with Crippen molar-refractivity contribution in [2.24, 2.45) is 0 Å². The van der Waals surface area contributed by atoms with Gasteiger partial charge < -0.3 is 25.4 Å². The minimum absolute atomic E-state index is 0.0255. The molecule has 0 radical (unpaired) electrons. The number of nitrogens with one attached hydrogen (secondary N) is 2.